The predicted octanol–water partition coefficient (Wildman–Crippen LogP) is 5.09. The molecule has 1 amide bonds. The van der Waals surface area contributed by atoms with Gasteiger partial charge in [0.25, 0.3) is 0 Å². The van der Waals surface area contributed by atoms with E-state index in [4.69, 9.17) is 9.47 Å². The number of amides is 1. The lowest BCUT2D eigenvalue weighted by Crippen LogP contribution is -2.27. The van der Waals surface area contributed by atoms with Crippen molar-refractivity contribution in [1.29, 1.82) is 0 Å². The highest BCUT2D eigenvalue weighted by Gasteiger charge is 2.04. The van der Waals surface area contributed by atoms with Gasteiger partial charge in [0.15, 0.2) is 0 Å². The number of hydrogen-bond donors (Lipinski definition) is 1. The molecule has 0 aliphatic heterocycles. The maximum absolute atomic E-state index is 11.5. The molecule has 5 heteroatoms. The van der Waals surface area contributed by atoms with Crippen LogP contribution in [0.25, 0.3) is 0 Å². The molecule has 5 nitrogen and oxygen atoms in total. The van der Waals surface area contributed by atoms with Crippen LogP contribution < -0.4 is 5.32 Å². The Bertz CT molecular complexity index is 514. The Morgan fingerprint density at radius 3 is 2.08 bits per heavy atom. The second-order valence-electron chi connectivity index (χ2n) is 6.54. The first-order valence-corrected chi connectivity index (χ1v) is 9.36. The molecule has 148 valence electrons. The molecule has 0 aromatic rings. The number of hydrogen-bond acceptors (Lipinski definition) is 4. The summed E-state index contributed by atoms with van der Waals surface area (Å²) in [7, 11) is 0. The quantitative estimate of drug-likeness (QED) is 0.387. The van der Waals surface area contributed by atoms with Gasteiger partial charge in [-0.05, 0) is 66.4 Å². The number of alkyl carbamates (subject to hydrolysis) is 1. The Balaban J connectivity index is 3.88. The number of allylic oxidation sites excluding steroid dienone is 5. The van der Waals surface area contributed by atoms with Gasteiger partial charge >= 0.3 is 12.1 Å². The predicted molar refractivity (Wildman–Crippen MR) is 106 cm³/mol. The molecule has 0 saturated carbocycles. The molecular formula is C21H35NO4. The Morgan fingerprint density at radius 2 is 1.46 bits per heavy atom. The normalized spacial score (nSPS) is 11.7. The van der Waals surface area contributed by atoms with Crippen molar-refractivity contribution in [3.8, 4) is 0 Å². The van der Waals surface area contributed by atoms with Crippen molar-refractivity contribution in [1.82, 2.24) is 5.32 Å². The maximum atomic E-state index is 11.5. The van der Waals surface area contributed by atoms with E-state index in [1.807, 2.05) is 13.0 Å². The molecule has 0 rings (SSSR count). The van der Waals surface area contributed by atoms with Gasteiger partial charge in [0, 0.05) is 6.54 Å². The lowest BCUT2D eigenvalue weighted by molar-refractivity contribution is -0.142. The van der Waals surface area contributed by atoms with Crippen molar-refractivity contribution in [2.24, 2.45) is 0 Å². The summed E-state index contributed by atoms with van der Waals surface area (Å²) in [6.45, 7) is 11.0. The Kier molecular flexibility index (Phi) is 14.0. The summed E-state index contributed by atoms with van der Waals surface area (Å²) in [6.07, 6.45) is 10.2. The molecule has 0 heterocycles. The average Bonchev–Trinajstić information content (AvgIpc) is 2.54. The molecule has 0 atom stereocenters. The Morgan fingerprint density at radius 1 is 0.846 bits per heavy atom. The van der Waals surface area contributed by atoms with E-state index in [0.717, 1.165) is 25.7 Å². The number of carbonyl (C=O) groups is 2. The van der Waals surface area contributed by atoms with Crippen molar-refractivity contribution in [3.63, 3.8) is 0 Å². The van der Waals surface area contributed by atoms with Crippen LogP contribution in [-0.2, 0) is 14.3 Å². The van der Waals surface area contributed by atoms with E-state index in [2.05, 4.69) is 38.2 Å². The minimum Gasteiger partial charge on any atom is -0.466 e. The fourth-order valence-corrected chi connectivity index (χ4v) is 2.15. The van der Waals surface area contributed by atoms with Gasteiger partial charge < -0.3 is 14.8 Å². The Hall–Kier alpha value is -2.04. The van der Waals surface area contributed by atoms with Crippen molar-refractivity contribution >= 4 is 12.1 Å². The summed E-state index contributed by atoms with van der Waals surface area (Å²) in [5.74, 6) is -0.326. The summed E-state index contributed by atoms with van der Waals surface area (Å²) in [5.41, 5.74) is 3.96. The lowest BCUT2D eigenvalue weighted by atomic mass is 10.1. The largest absolute Gasteiger partial charge is 0.466 e. The summed E-state index contributed by atoms with van der Waals surface area (Å²) in [5, 5.41) is 2.53. The summed E-state index contributed by atoms with van der Waals surface area (Å²) in [4.78, 5) is 22.6. The first-order valence-electron chi connectivity index (χ1n) is 9.36. The second kappa shape index (κ2) is 15.2. The number of ether oxygens (including phenoxy) is 2. The van der Waals surface area contributed by atoms with Crippen LogP contribution in [-0.4, -0.2) is 31.8 Å². The molecule has 0 bridgehead atoms. The van der Waals surface area contributed by atoms with E-state index < -0.39 is 6.09 Å². The van der Waals surface area contributed by atoms with Gasteiger partial charge in [-0.25, -0.2) is 4.79 Å². The van der Waals surface area contributed by atoms with E-state index in [0.29, 0.717) is 6.61 Å². The topological polar surface area (TPSA) is 64.6 Å². The van der Waals surface area contributed by atoms with Crippen molar-refractivity contribution in [2.45, 2.75) is 66.7 Å². The number of rotatable bonds is 12. The zero-order chi connectivity index (χ0) is 19.8. The van der Waals surface area contributed by atoms with Crippen molar-refractivity contribution in [3.05, 3.63) is 34.9 Å². The lowest BCUT2D eigenvalue weighted by Gasteiger charge is -2.06. The summed E-state index contributed by atoms with van der Waals surface area (Å²) in [6, 6.07) is 0. The van der Waals surface area contributed by atoms with Crippen molar-refractivity contribution < 1.29 is 19.1 Å². The smallest absolute Gasteiger partial charge is 0.407 e. The molecule has 0 radical (unpaired) electrons. The number of esters is 1. The third kappa shape index (κ3) is 15.5. The van der Waals surface area contributed by atoms with Crippen LogP contribution in [0, 0.1) is 0 Å². The molecule has 0 aliphatic carbocycles. The highest BCUT2D eigenvalue weighted by atomic mass is 16.5. The van der Waals surface area contributed by atoms with Crippen LogP contribution in [0.4, 0.5) is 4.79 Å². The van der Waals surface area contributed by atoms with Crippen LogP contribution in [0.5, 0.6) is 0 Å². The number of carbonyl (C=O) groups excluding carboxylic acids is 2. The fourth-order valence-electron chi connectivity index (χ4n) is 2.15. The van der Waals surface area contributed by atoms with Crippen LogP contribution in [0.2, 0.25) is 0 Å². The Labute approximate surface area is 158 Å². The molecule has 0 fully saturated rings. The van der Waals surface area contributed by atoms with Gasteiger partial charge in [-0.15, -0.1) is 0 Å². The molecule has 26 heavy (non-hydrogen) atoms. The molecule has 0 aromatic carbocycles. The van der Waals surface area contributed by atoms with E-state index in [9.17, 15) is 9.59 Å². The highest BCUT2D eigenvalue weighted by molar-refractivity contribution is 5.71. The third-order valence-corrected chi connectivity index (χ3v) is 3.67. The first kappa shape index (κ1) is 24.0. The SMILES string of the molecule is CCOC(=O)CCNC(=O)OC/C=C(\C)CC/C=C(\C)CCC=C(C)C. The van der Waals surface area contributed by atoms with E-state index in [1.54, 1.807) is 6.92 Å². The van der Waals surface area contributed by atoms with Crippen LogP contribution >= 0.6 is 0 Å². The van der Waals surface area contributed by atoms with E-state index in [1.165, 1.54) is 16.7 Å². The van der Waals surface area contributed by atoms with Gasteiger partial charge in [-0.2, -0.15) is 0 Å². The molecule has 1 N–H and O–H groups in total. The second-order valence-corrected chi connectivity index (χ2v) is 6.54. The van der Waals surface area contributed by atoms with Crippen LogP contribution in [0.3, 0.4) is 0 Å². The fraction of sp³-hybridized carbons (Fsp3) is 0.619. The third-order valence-electron chi connectivity index (χ3n) is 3.67. The summed E-state index contributed by atoms with van der Waals surface area (Å²) < 4.78 is 9.83. The molecular weight excluding hydrogens is 330 g/mol. The minimum atomic E-state index is -0.520. The average molecular weight is 366 g/mol. The zero-order valence-corrected chi connectivity index (χ0v) is 17.0. The standard InChI is InChI=1S/C21H35NO4/c1-6-25-20(23)13-15-22-21(24)26-16-14-19(5)12-8-11-18(4)10-7-9-17(2)3/h9,11,14H,6-8,10,12-13,15-16H2,1-5H3,(H,22,24)/b18-11+,19-14+. The van der Waals surface area contributed by atoms with Crippen molar-refractivity contribution in [2.75, 3.05) is 19.8 Å². The van der Waals surface area contributed by atoms with Crippen LogP contribution in [0.1, 0.15) is 66.7 Å². The van der Waals surface area contributed by atoms with Gasteiger partial charge in [-0.3, -0.25) is 4.79 Å². The van der Waals surface area contributed by atoms with Gasteiger partial charge in [-0.1, -0.05) is 28.9 Å². The zero-order valence-electron chi connectivity index (χ0n) is 17.0. The van der Waals surface area contributed by atoms with Gasteiger partial charge in [0.1, 0.15) is 6.61 Å². The van der Waals surface area contributed by atoms with Crippen LogP contribution in [0.15, 0.2) is 34.9 Å². The highest BCUT2D eigenvalue weighted by Crippen LogP contribution is 2.11. The molecule has 0 aliphatic rings. The molecule has 0 aromatic heterocycles. The molecule has 0 unspecified atom stereocenters. The van der Waals surface area contributed by atoms with Gasteiger partial charge in [0.05, 0.1) is 13.0 Å². The molecule has 0 spiro atoms. The summed E-state index contributed by atoms with van der Waals surface area (Å²) >= 11 is 0. The minimum absolute atomic E-state index is 0.150. The number of nitrogens with one attached hydrogen (secondary N) is 1. The first-order chi connectivity index (χ1) is 12.3. The molecule has 0 saturated heterocycles. The van der Waals surface area contributed by atoms with E-state index in [-0.39, 0.29) is 25.5 Å². The maximum Gasteiger partial charge on any atom is 0.407 e. The van der Waals surface area contributed by atoms with E-state index >= 15 is 0 Å². The van der Waals surface area contributed by atoms with Gasteiger partial charge in [0.2, 0.25) is 0 Å². The monoisotopic (exact) mass is 365 g/mol.